The molecule has 0 radical (unpaired) electrons. The largest absolute Gasteiger partial charge is 0.356 e. The van der Waals surface area contributed by atoms with Gasteiger partial charge >= 0.3 is 0 Å². The summed E-state index contributed by atoms with van der Waals surface area (Å²) in [6.07, 6.45) is 0.981. The van der Waals surface area contributed by atoms with Gasteiger partial charge in [-0.1, -0.05) is 42.8 Å². The molecule has 0 fully saturated rings. The lowest BCUT2D eigenvalue weighted by atomic mass is 10.0. The summed E-state index contributed by atoms with van der Waals surface area (Å²) in [7, 11) is 1.97. The highest BCUT2D eigenvalue weighted by molar-refractivity contribution is 7.09. The Morgan fingerprint density at radius 3 is 2.59 bits per heavy atom. The molecular weight excluding hydrogens is 380 g/mol. The molecule has 0 spiro atoms. The molecule has 2 heterocycles. The molecule has 0 amide bonds. The second-order valence-corrected chi connectivity index (χ2v) is 8.37. The number of nitrogens with zero attached hydrogens (tertiary/aromatic N) is 4. The van der Waals surface area contributed by atoms with E-state index in [1.54, 1.807) is 11.3 Å². The van der Waals surface area contributed by atoms with E-state index in [-0.39, 0.29) is 0 Å². The second kappa shape index (κ2) is 10.2. The monoisotopic (exact) mass is 410 g/mol. The van der Waals surface area contributed by atoms with Crippen molar-refractivity contribution in [2.75, 3.05) is 13.1 Å². The van der Waals surface area contributed by atoms with Crippen LogP contribution in [0.5, 0.6) is 0 Å². The molecule has 2 N–H and O–H groups in total. The van der Waals surface area contributed by atoms with Gasteiger partial charge in [0.1, 0.15) is 12.4 Å². The van der Waals surface area contributed by atoms with Crippen molar-refractivity contribution in [3.05, 3.63) is 69.4 Å². The summed E-state index contributed by atoms with van der Waals surface area (Å²) in [6, 6.07) is 13.0. The Labute approximate surface area is 177 Å². The van der Waals surface area contributed by atoms with E-state index < -0.39 is 0 Å². The average Bonchev–Trinajstić information content (AvgIpc) is 3.35. The predicted molar refractivity (Wildman–Crippen MR) is 121 cm³/mol. The lowest BCUT2D eigenvalue weighted by Gasteiger charge is -2.17. The van der Waals surface area contributed by atoms with Crippen molar-refractivity contribution in [3.8, 4) is 0 Å². The normalized spacial score (nSPS) is 12.8. The maximum absolute atomic E-state index is 4.74. The molecule has 3 rings (SSSR count). The number of guanidine groups is 1. The summed E-state index contributed by atoms with van der Waals surface area (Å²) in [5.41, 5.74) is 2.61. The minimum absolute atomic E-state index is 0.386. The van der Waals surface area contributed by atoms with Crippen LogP contribution in [0.15, 0.2) is 46.8 Å². The molecule has 7 heteroatoms. The summed E-state index contributed by atoms with van der Waals surface area (Å²) >= 11 is 1.78. The summed E-state index contributed by atoms with van der Waals surface area (Å²) in [5.74, 6) is 2.94. The van der Waals surface area contributed by atoms with Crippen molar-refractivity contribution >= 4 is 17.3 Å². The maximum atomic E-state index is 4.74. The Kier molecular flexibility index (Phi) is 7.41. The van der Waals surface area contributed by atoms with Crippen LogP contribution in [0, 0.1) is 13.8 Å². The molecule has 3 aromatic rings. The standard InChI is InChI=1S/C22H30N6S/c1-16-7-9-19(10-8-16)17(2)14-24-22(23-12-11-20-6-5-13-29-20)25-15-21-27-26-18(3)28(21)4/h5-10,13,17H,11-12,14-15H2,1-4H3,(H2,23,24,25). The first kappa shape index (κ1) is 21.0. The van der Waals surface area contributed by atoms with Gasteiger partial charge in [0.2, 0.25) is 0 Å². The van der Waals surface area contributed by atoms with Crippen LogP contribution in [0.3, 0.4) is 0 Å². The molecule has 1 aromatic carbocycles. The lowest BCUT2D eigenvalue weighted by molar-refractivity contribution is 0.690. The quantitative estimate of drug-likeness (QED) is 0.440. The summed E-state index contributed by atoms with van der Waals surface area (Å²) in [5, 5.41) is 17.4. The van der Waals surface area contributed by atoms with E-state index in [1.165, 1.54) is 16.0 Å². The maximum Gasteiger partial charge on any atom is 0.191 e. The van der Waals surface area contributed by atoms with Crippen molar-refractivity contribution in [1.82, 2.24) is 25.4 Å². The fourth-order valence-electron chi connectivity index (χ4n) is 2.93. The fourth-order valence-corrected chi connectivity index (χ4v) is 3.64. The van der Waals surface area contributed by atoms with Crippen LogP contribution in [0.25, 0.3) is 0 Å². The molecule has 1 unspecified atom stereocenters. The van der Waals surface area contributed by atoms with E-state index in [0.29, 0.717) is 12.5 Å². The smallest absolute Gasteiger partial charge is 0.191 e. The van der Waals surface area contributed by atoms with Crippen molar-refractivity contribution in [3.63, 3.8) is 0 Å². The number of hydrogen-bond donors (Lipinski definition) is 2. The Balaban J connectivity index is 1.61. The zero-order chi connectivity index (χ0) is 20.6. The third-order valence-electron chi connectivity index (χ3n) is 5.03. The third-order valence-corrected chi connectivity index (χ3v) is 5.96. The van der Waals surface area contributed by atoms with Gasteiger partial charge in [0, 0.05) is 25.0 Å². The van der Waals surface area contributed by atoms with E-state index in [1.807, 2.05) is 18.5 Å². The van der Waals surface area contributed by atoms with E-state index in [2.05, 4.69) is 76.5 Å². The third kappa shape index (κ3) is 6.15. The van der Waals surface area contributed by atoms with E-state index in [0.717, 1.165) is 37.1 Å². The lowest BCUT2D eigenvalue weighted by Crippen LogP contribution is -2.40. The Morgan fingerprint density at radius 1 is 1.14 bits per heavy atom. The van der Waals surface area contributed by atoms with Gasteiger partial charge in [0.05, 0.1) is 0 Å². The predicted octanol–water partition coefficient (Wildman–Crippen LogP) is 3.58. The Bertz CT molecular complexity index is 911. The minimum atomic E-state index is 0.386. The van der Waals surface area contributed by atoms with Gasteiger partial charge in [-0.25, -0.2) is 4.99 Å². The highest BCUT2D eigenvalue weighted by Crippen LogP contribution is 2.14. The van der Waals surface area contributed by atoms with Crippen molar-refractivity contribution < 1.29 is 0 Å². The number of rotatable bonds is 8. The molecular formula is C22H30N6S. The molecule has 2 aromatic heterocycles. The first-order valence-electron chi connectivity index (χ1n) is 9.99. The van der Waals surface area contributed by atoms with Crippen LogP contribution >= 0.6 is 11.3 Å². The Hall–Kier alpha value is -2.67. The number of aryl methyl sites for hydroxylation is 2. The van der Waals surface area contributed by atoms with Crippen molar-refractivity contribution in [1.29, 1.82) is 0 Å². The second-order valence-electron chi connectivity index (χ2n) is 7.34. The van der Waals surface area contributed by atoms with Gasteiger partial charge in [0.15, 0.2) is 11.8 Å². The van der Waals surface area contributed by atoms with Gasteiger partial charge < -0.3 is 15.2 Å². The number of aliphatic imine (C=N–C) groups is 1. The molecule has 0 aliphatic heterocycles. The van der Waals surface area contributed by atoms with Crippen LogP contribution in [-0.4, -0.2) is 33.8 Å². The molecule has 0 saturated heterocycles. The molecule has 154 valence electrons. The van der Waals surface area contributed by atoms with E-state index in [9.17, 15) is 0 Å². The van der Waals surface area contributed by atoms with Crippen molar-refractivity contribution in [2.45, 2.75) is 39.7 Å². The highest BCUT2D eigenvalue weighted by Gasteiger charge is 2.09. The number of thiophene rings is 1. The number of benzene rings is 1. The van der Waals surface area contributed by atoms with Crippen LogP contribution in [0.4, 0.5) is 0 Å². The van der Waals surface area contributed by atoms with Gasteiger partial charge in [0.25, 0.3) is 0 Å². The molecule has 0 bridgehead atoms. The minimum Gasteiger partial charge on any atom is -0.356 e. The average molecular weight is 411 g/mol. The van der Waals surface area contributed by atoms with Crippen LogP contribution < -0.4 is 10.6 Å². The highest BCUT2D eigenvalue weighted by atomic mass is 32.1. The van der Waals surface area contributed by atoms with Gasteiger partial charge in [-0.3, -0.25) is 0 Å². The van der Waals surface area contributed by atoms with Crippen LogP contribution in [0.1, 0.15) is 40.5 Å². The van der Waals surface area contributed by atoms with Crippen molar-refractivity contribution in [2.24, 2.45) is 12.0 Å². The zero-order valence-electron chi connectivity index (χ0n) is 17.6. The number of hydrogen-bond acceptors (Lipinski definition) is 4. The number of nitrogens with one attached hydrogen (secondary N) is 2. The summed E-state index contributed by atoms with van der Waals surface area (Å²) in [4.78, 5) is 6.11. The van der Waals surface area contributed by atoms with Gasteiger partial charge in [-0.2, -0.15) is 0 Å². The molecule has 0 aliphatic rings. The SMILES string of the molecule is Cc1ccc(C(C)CNC(=NCc2nnc(C)n2C)NCCc2cccs2)cc1. The number of aromatic nitrogens is 3. The molecule has 1 atom stereocenters. The zero-order valence-corrected chi connectivity index (χ0v) is 18.5. The molecule has 0 saturated carbocycles. The van der Waals surface area contributed by atoms with E-state index >= 15 is 0 Å². The summed E-state index contributed by atoms with van der Waals surface area (Å²) in [6.45, 7) is 8.43. The Morgan fingerprint density at radius 2 is 1.93 bits per heavy atom. The van der Waals surface area contributed by atoms with Crippen LogP contribution in [0.2, 0.25) is 0 Å². The van der Waals surface area contributed by atoms with Crippen LogP contribution in [-0.2, 0) is 20.0 Å². The van der Waals surface area contributed by atoms with E-state index in [4.69, 9.17) is 4.99 Å². The first-order chi connectivity index (χ1) is 14.0. The van der Waals surface area contributed by atoms with Gasteiger partial charge in [-0.15, -0.1) is 21.5 Å². The fraction of sp³-hybridized carbons (Fsp3) is 0.409. The molecule has 6 nitrogen and oxygen atoms in total. The molecule has 0 aliphatic carbocycles. The topological polar surface area (TPSA) is 67.1 Å². The van der Waals surface area contributed by atoms with Gasteiger partial charge in [-0.05, 0) is 43.2 Å². The first-order valence-corrected chi connectivity index (χ1v) is 10.9. The molecule has 29 heavy (non-hydrogen) atoms. The summed E-state index contributed by atoms with van der Waals surface area (Å²) < 4.78 is 1.97.